The molecule has 0 atom stereocenters. The lowest BCUT2D eigenvalue weighted by Crippen LogP contribution is -2.13. The van der Waals surface area contributed by atoms with Crippen molar-refractivity contribution in [2.45, 2.75) is 32.2 Å². The van der Waals surface area contributed by atoms with Crippen LogP contribution in [0.3, 0.4) is 0 Å². The van der Waals surface area contributed by atoms with E-state index in [1.807, 2.05) is 42.5 Å². The fourth-order valence-electron chi connectivity index (χ4n) is 5.01. The Kier molecular flexibility index (Phi) is 7.23. The van der Waals surface area contributed by atoms with E-state index < -0.39 is 0 Å². The average molecular weight is 485 g/mol. The molecule has 0 saturated heterocycles. The zero-order valence-corrected chi connectivity index (χ0v) is 20.6. The van der Waals surface area contributed by atoms with Crippen molar-refractivity contribution in [3.63, 3.8) is 0 Å². The zero-order chi connectivity index (χ0) is 24.9. The molecule has 36 heavy (non-hydrogen) atoms. The van der Waals surface area contributed by atoms with Crippen LogP contribution in [-0.4, -0.2) is 42.5 Å². The number of methoxy groups -OCH3 is 1. The Morgan fingerprint density at radius 2 is 1.78 bits per heavy atom. The quantitative estimate of drug-likeness (QED) is 0.178. The van der Waals surface area contributed by atoms with Crippen molar-refractivity contribution >= 4 is 22.6 Å². The molecule has 6 nitrogen and oxygen atoms in total. The molecular weight excluding hydrogens is 452 g/mol. The summed E-state index contributed by atoms with van der Waals surface area (Å²) in [5.74, 6) is -0.0389. The van der Waals surface area contributed by atoms with Crippen molar-refractivity contribution in [3.05, 3.63) is 83.6 Å². The van der Waals surface area contributed by atoms with Gasteiger partial charge >= 0.3 is 5.97 Å². The van der Waals surface area contributed by atoms with E-state index in [0.29, 0.717) is 37.6 Å². The summed E-state index contributed by atoms with van der Waals surface area (Å²) in [6, 6.07) is 19.9. The van der Waals surface area contributed by atoms with Crippen LogP contribution in [0, 0.1) is 0 Å². The Morgan fingerprint density at radius 1 is 1.00 bits per heavy atom. The SMILES string of the molecule is COC(=O)c1ccc2c(-c3ccccc3)cn(CCOCCNc3cc4c(cc3O)CCCC4)c2c1. The highest BCUT2D eigenvalue weighted by atomic mass is 16.5. The third-order valence-electron chi connectivity index (χ3n) is 6.89. The second kappa shape index (κ2) is 10.9. The van der Waals surface area contributed by atoms with Gasteiger partial charge in [0.25, 0.3) is 0 Å². The average Bonchev–Trinajstić information content (AvgIpc) is 3.28. The van der Waals surface area contributed by atoms with Gasteiger partial charge in [-0.05, 0) is 66.6 Å². The number of nitrogens with one attached hydrogen (secondary N) is 1. The predicted molar refractivity (Wildman–Crippen MR) is 143 cm³/mol. The van der Waals surface area contributed by atoms with Crippen LogP contribution in [0.5, 0.6) is 5.75 Å². The summed E-state index contributed by atoms with van der Waals surface area (Å²) in [6.07, 6.45) is 6.65. The van der Waals surface area contributed by atoms with Crippen molar-refractivity contribution in [3.8, 4) is 16.9 Å². The highest BCUT2D eigenvalue weighted by Gasteiger charge is 2.15. The monoisotopic (exact) mass is 484 g/mol. The Hall–Kier alpha value is -3.77. The minimum atomic E-state index is -0.348. The number of phenols is 1. The number of anilines is 1. The summed E-state index contributed by atoms with van der Waals surface area (Å²) in [7, 11) is 1.40. The van der Waals surface area contributed by atoms with Gasteiger partial charge in [-0.25, -0.2) is 4.79 Å². The number of aryl methyl sites for hydroxylation is 2. The summed E-state index contributed by atoms with van der Waals surface area (Å²) in [5.41, 5.74) is 7.12. The molecule has 3 aromatic carbocycles. The largest absolute Gasteiger partial charge is 0.506 e. The van der Waals surface area contributed by atoms with Crippen LogP contribution < -0.4 is 5.32 Å². The maximum atomic E-state index is 12.1. The summed E-state index contributed by atoms with van der Waals surface area (Å²) < 4.78 is 13.0. The van der Waals surface area contributed by atoms with E-state index in [1.54, 1.807) is 0 Å². The minimum absolute atomic E-state index is 0.310. The zero-order valence-electron chi connectivity index (χ0n) is 20.6. The number of benzene rings is 3. The highest BCUT2D eigenvalue weighted by molar-refractivity contribution is 6.00. The van der Waals surface area contributed by atoms with E-state index in [9.17, 15) is 9.90 Å². The second-order valence-corrected chi connectivity index (χ2v) is 9.21. The first-order valence-corrected chi connectivity index (χ1v) is 12.6. The summed E-state index contributed by atoms with van der Waals surface area (Å²) >= 11 is 0. The van der Waals surface area contributed by atoms with Gasteiger partial charge in [0, 0.05) is 35.8 Å². The summed E-state index contributed by atoms with van der Waals surface area (Å²) in [4.78, 5) is 12.1. The fraction of sp³-hybridized carbons (Fsp3) is 0.300. The Balaban J connectivity index is 1.23. The standard InChI is InChI=1S/C30H32N2O4/c1-35-30(34)24-11-12-25-26(21-7-3-2-4-8-21)20-32(28(25)18-24)14-16-36-15-13-31-27-17-22-9-5-6-10-23(22)19-29(27)33/h2-4,7-8,11-12,17-20,31,33H,5-6,9-10,13-16H2,1H3. The summed E-state index contributed by atoms with van der Waals surface area (Å²) in [6.45, 7) is 2.31. The van der Waals surface area contributed by atoms with Gasteiger partial charge in [0.15, 0.2) is 0 Å². The number of aromatic nitrogens is 1. The molecule has 0 radical (unpaired) electrons. The van der Waals surface area contributed by atoms with Crippen molar-refractivity contribution in [1.82, 2.24) is 4.57 Å². The van der Waals surface area contributed by atoms with Gasteiger partial charge in [-0.15, -0.1) is 0 Å². The van der Waals surface area contributed by atoms with Gasteiger partial charge in [0.2, 0.25) is 0 Å². The fourth-order valence-corrected chi connectivity index (χ4v) is 5.01. The Labute approximate surface area is 211 Å². The van der Waals surface area contributed by atoms with Crippen molar-refractivity contribution < 1.29 is 19.4 Å². The molecule has 0 saturated carbocycles. The lowest BCUT2D eigenvalue weighted by molar-refractivity contribution is 0.0601. The molecule has 1 heterocycles. The molecule has 2 N–H and O–H groups in total. The maximum Gasteiger partial charge on any atom is 0.337 e. The van der Waals surface area contributed by atoms with Gasteiger partial charge in [-0.1, -0.05) is 36.4 Å². The number of phenolic OH excluding ortho intramolecular Hbond substituents is 1. The molecular formula is C30H32N2O4. The van der Waals surface area contributed by atoms with Crippen LogP contribution in [0.15, 0.2) is 66.9 Å². The first-order valence-electron chi connectivity index (χ1n) is 12.6. The van der Waals surface area contributed by atoms with Crippen molar-refractivity contribution in [1.29, 1.82) is 0 Å². The van der Waals surface area contributed by atoms with Gasteiger partial charge in [0.05, 0.1) is 31.6 Å². The molecule has 0 aliphatic heterocycles. The minimum Gasteiger partial charge on any atom is -0.506 e. The molecule has 4 aromatic rings. The smallest absolute Gasteiger partial charge is 0.337 e. The number of rotatable bonds is 9. The van der Waals surface area contributed by atoms with E-state index in [0.717, 1.165) is 40.6 Å². The molecule has 5 rings (SSSR count). The number of fused-ring (bicyclic) bond motifs is 2. The van der Waals surface area contributed by atoms with Crippen molar-refractivity contribution in [2.75, 3.05) is 32.2 Å². The second-order valence-electron chi connectivity index (χ2n) is 9.21. The van der Waals surface area contributed by atoms with Crippen LogP contribution in [0.4, 0.5) is 5.69 Å². The maximum absolute atomic E-state index is 12.1. The first-order chi connectivity index (χ1) is 17.6. The number of esters is 1. The molecule has 186 valence electrons. The van der Waals surface area contributed by atoms with Crippen LogP contribution in [0.1, 0.15) is 34.3 Å². The molecule has 1 aliphatic carbocycles. The number of ether oxygens (including phenoxy) is 2. The number of carbonyl (C=O) groups excluding carboxylic acids is 1. The predicted octanol–water partition coefficient (Wildman–Crippen LogP) is 5.81. The summed E-state index contributed by atoms with van der Waals surface area (Å²) in [5, 5.41) is 14.7. The molecule has 1 aromatic heterocycles. The van der Waals surface area contributed by atoms with Gasteiger partial charge < -0.3 is 24.5 Å². The first kappa shape index (κ1) is 23.9. The van der Waals surface area contributed by atoms with E-state index in [1.165, 1.54) is 31.1 Å². The van der Waals surface area contributed by atoms with E-state index in [4.69, 9.17) is 9.47 Å². The molecule has 0 spiro atoms. The number of aromatic hydroxyl groups is 1. The molecule has 1 aliphatic rings. The Morgan fingerprint density at radius 3 is 2.56 bits per heavy atom. The van der Waals surface area contributed by atoms with Crippen LogP contribution in [0.25, 0.3) is 22.0 Å². The van der Waals surface area contributed by atoms with Gasteiger partial charge in [0.1, 0.15) is 5.75 Å². The molecule has 0 amide bonds. The van der Waals surface area contributed by atoms with Gasteiger partial charge in [-0.3, -0.25) is 0 Å². The van der Waals surface area contributed by atoms with E-state index in [-0.39, 0.29) is 5.97 Å². The van der Waals surface area contributed by atoms with Gasteiger partial charge in [-0.2, -0.15) is 0 Å². The molecule has 0 unspecified atom stereocenters. The number of nitrogens with zero attached hydrogens (tertiary/aromatic N) is 1. The normalized spacial score (nSPS) is 12.9. The third-order valence-corrected chi connectivity index (χ3v) is 6.89. The number of carbonyl (C=O) groups is 1. The van der Waals surface area contributed by atoms with Crippen LogP contribution in [0.2, 0.25) is 0 Å². The number of hydrogen-bond donors (Lipinski definition) is 2. The van der Waals surface area contributed by atoms with Crippen molar-refractivity contribution in [2.24, 2.45) is 0 Å². The third kappa shape index (κ3) is 5.09. The van der Waals surface area contributed by atoms with E-state index in [2.05, 4.69) is 34.3 Å². The lowest BCUT2D eigenvalue weighted by atomic mass is 9.91. The highest BCUT2D eigenvalue weighted by Crippen LogP contribution is 2.33. The molecule has 0 fully saturated rings. The lowest BCUT2D eigenvalue weighted by Gasteiger charge is -2.18. The van der Waals surface area contributed by atoms with Crippen LogP contribution >= 0.6 is 0 Å². The Bertz CT molecular complexity index is 1360. The van der Waals surface area contributed by atoms with E-state index >= 15 is 0 Å². The molecule has 6 heteroatoms. The molecule has 0 bridgehead atoms. The topological polar surface area (TPSA) is 72.7 Å². The van der Waals surface area contributed by atoms with Crippen LogP contribution in [-0.2, 0) is 28.9 Å². The number of hydrogen-bond acceptors (Lipinski definition) is 5.